The first-order chi connectivity index (χ1) is 18.6. The summed E-state index contributed by atoms with van der Waals surface area (Å²) in [5.41, 5.74) is 12.8. The highest BCUT2D eigenvalue weighted by molar-refractivity contribution is 5.95. The quantitative estimate of drug-likeness (QED) is 0.279. The maximum absolute atomic E-state index is 13.3. The van der Waals surface area contributed by atoms with Crippen LogP contribution in [0.15, 0.2) is 73.7 Å². The average Bonchev–Trinajstić information content (AvgIpc) is 3.56. The number of imidazole rings is 1. The number of rotatable bonds is 6. The van der Waals surface area contributed by atoms with E-state index in [4.69, 9.17) is 10.7 Å². The van der Waals surface area contributed by atoms with Gasteiger partial charge in [0.1, 0.15) is 22.9 Å². The number of hydrogen-bond acceptors (Lipinski definition) is 5. The largest absolute Gasteiger partial charge is 0.382 e. The van der Waals surface area contributed by atoms with Gasteiger partial charge in [0, 0.05) is 53.6 Å². The number of H-pyrrole nitrogens is 1. The Morgan fingerprint density at radius 2 is 2.03 bits per heavy atom. The zero-order valence-electron chi connectivity index (χ0n) is 21.4. The molecule has 1 aliphatic heterocycles. The third kappa shape index (κ3) is 4.08. The van der Waals surface area contributed by atoms with E-state index in [1.54, 1.807) is 12.4 Å². The van der Waals surface area contributed by atoms with Crippen LogP contribution >= 0.6 is 0 Å². The zero-order chi connectivity index (χ0) is 26.2. The highest BCUT2D eigenvalue weighted by atomic mass is 16.2. The number of piperidine rings is 1. The number of hydrogen-bond donors (Lipinski definition) is 3. The SMILES string of the molecule is C=CNc1ccc(C(=O)N2CCC(c3nc(-c4cc5ccccc5[nH]4)c4c(N)nccn34)CC2)cc1CC. The van der Waals surface area contributed by atoms with Gasteiger partial charge in [-0.3, -0.25) is 9.20 Å². The summed E-state index contributed by atoms with van der Waals surface area (Å²) in [6.07, 6.45) is 7.81. The molecule has 5 aromatic rings. The standard InChI is InChI=1S/C30H31N7O/c1-3-19-17-22(9-10-23(19)32-4-2)30(38)36-14-11-20(12-15-36)29-35-26(27-28(31)33-13-16-37(27)29)25-18-21-7-5-6-8-24(21)34-25/h4-10,13,16-18,20,32,34H,2-3,11-12,14-15H2,1H3,(H2,31,33). The van der Waals surface area contributed by atoms with Gasteiger partial charge in [-0.1, -0.05) is 31.7 Å². The van der Waals surface area contributed by atoms with Crippen LogP contribution in [0.2, 0.25) is 0 Å². The molecule has 38 heavy (non-hydrogen) atoms. The van der Waals surface area contributed by atoms with Crippen LogP contribution in [-0.4, -0.2) is 43.2 Å². The molecule has 6 rings (SSSR count). The van der Waals surface area contributed by atoms with E-state index in [-0.39, 0.29) is 11.8 Å². The summed E-state index contributed by atoms with van der Waals surface area (Å²) in [6.45, 7) is 7.18. The maximum Gasteiger partial charge on any atom is 0.253 e. The number of nitrogen functional groups attached to an aromatic ring is 1. The fourth-order valence-electron chi connectivity index (χ4n) is 5.56. The number of carbonyl (C=O) groups is 1. The number of aromatic nitrogens is 4. The predicted octanol–water partition coefficient (Wildman–Crippen LogP) is 5.60. The maximum atomic E-state index is 13.3. The van der Waals surface area contributed by atoms with Gasteiger partial charge in [-0.25, -0.2) is 9.97 Å². The van der Waals surface area contributed by atoms with Crippen LogP contribution in [0.1, 0.15) is 47.4 Å². The number of nitrogens with one attached hydrogen (secondary N) is 2. The van der Waals surface area contributed by atoms with E-state index >= 15 is 0 Å². The first-order valence-corrected chi connectivity index (χ1v) is 13.1. The Hall–Kier alpha value is -4.59. The highest BCUT2D eigenvalue weighted by Gasteiger charge is 2.29. The molecule has 0 bridgehead atoms. The van der Waals surface area contributed by atoms with E-state index in [1.807, 2.05) is 41.4 Å². The lowest BCUT2D eigenvalue weighted by molar-refractivity contribution is 0.0711. The molecule has 2 aromatic carbocycles. The molecule has 1 fully saturated rings. The second-order valence-electron chi connectivity index (χ2n) is 9.76. The number of amides is 1. The molecular weight excluding hydrogens is 474 g/mol. The van der Waals surface area contributed by atoms with E-state index in [9.17, 15) is 4.79 Å². The minimum absolute atomic E-state index is 0.0727. The van der Waals surface area contributed by atoms with Crippen LogP contribution < -0.4 is 11.1 Å². The molecule has 8 nitrogen and oxygen atoms in total. The monoisotopic (exact) mass is 505 g/mol. The fourth-order valence-corrected chi connectivity index (χ4v) is 5.56. The Labute approximate surface area is 221 Å². The molecule has 0 atom stereocenters. The number of likely N-dealkylation sites (tertiary alicyclic amines) is 1. The van der Waals surface area contributed by atoms with Crippen molar-refractivity contribution in [3.8, 4) is 11.4 Å². The van der Waals surface area contributed by atoms with Crippen molar-refractivity contribution < 1.29 is 4.79 Å². The molecule has 4 heterocycles. The van der Waals surface area contributed by atoms with Crippen molar-refractivity contribution in [1.82, 2.24) is 24.3 Å². The first-order valence-electron chi connectivity index (χ1n) is 13.1. The molecule has 0 radical (unpaired) electrons. The topological polar surface area (TPSA) is 104 Å². The Kier molecular flexibility index (Phi) is 6.07. The van der Waals surface area contributed by atoms with E-state index in [1.165, 1.54) is 0 Å². The molecule has 192 valence electrons. The van der Waals surface area contributed by atoms with Gasteiger partial charge in [0.2, 0.25) is 0 Å². The lowest BCUT2D eigenvalue weighted by atomic mass is 9.95. The summed E-state index contributed by atoms with van der Waals surface area (Å²) >= 11 is 0. The summed E-state index contributed by atoms with van der Waals surface area (Å²) in [5.74, 6) is 1.69. The van der Waals surface area contributed by atoms with Crippen molar-refractivity contribution in [2.75, 3.05) is 24.1 Å². The number of aryl methyl sites for hydroxylation is 1. The minimum Gasteiger partial charge on any atom is -0.382 e. The molecule has 1 amide bonds. The van der Waals surface area contributed by atoms with Crippen molar-refractivity contribution in [3.63, 3.8) is 0 Å². The Balaban J connectivity index is 1.26. The van der Waals surface area contributed by atoms with Crippen LogP contribution in [0.25, 0.3) is 27.8 Å². The van der Waals surface area contributed by atoms with E-state index < -0.39 is 0 Å². The van der Waals surface area contributed by atoms with Crippen LogP contribution in [0.5, 0.6) is 0 Å². The molecular formula is C30H31N7O. The lowest BCUT2D eigenvalue weighted by Crippen LogP contribution is -2.38. The van der Waals surface area contributed by atoms with Gasteiger partial charge >= 0.3 is 0 Å². The van der Waals surface area contributed by atoms with Gasteiger partial charge in [0.15, 0.2) is 0 Å². The molecule has 8 heteroatoms. The molecule has 1 saturated heterocycles. The number of benzene rings is 2. The molecule has 0 saturated carbocycles. The van der Waals surface area contributed by atoms with Crippen LogP contribution in [0.4, 0.5) is 11.5 Å². The molecule has 3 aromatic heterocycles. The Morgan fingerprint density at radius 3 is 2.79 bits per heavy atom. The number of fused-ring (bicyclic) bond motifs is 2. The first kappa shape index (κ1) is 23.8. The van der Waals surface area contributed by atoms with Gasteiger partial charge < -0.3 is 20.9 Å². The van der Waals surface area contributed by atoms with Gasteiger partial charge in [0.25, 0.3) is 5.91 Å². The Morgan fingerprint density at radius 1 is 1.21 bits per heavy atom. The normalized spacial score (nSPS) is 14.3. The summed E-state index contributed by atoms with van der Waals surface area (Å²) < 4.78 is 2.07. The summed E-state index contributed by atoms with van der Waals surface area (Å²) in [7, 11) is 0. The number of para-hydroxylation sites is 1. The number of nitrogens with zero attached hydrogens (tertiary/aromatic N) is 4. The smallest absolute Gasteiger partial charge is 0.253 e. The number of anilines is 2. The van der Waals surface area contributed by atoms with E-state index in [0.717, 1.165) is 69.7 Å². The van der Waals surface area contributed by atoms with Gasteiger partial charge in [0.05, 0.1) is 5.69 Å². The molecule has 0 aliphatic carbocycles. The fraction of sp³-hybridized carbons (Fsp3) is 0.233. The summed E-state index contributed by atoms with van der Waals surface area (Å²) in [6, 6.07) is 16.1. The molecule has 4 N–H and O–H groups in total. The Bertz CT molecular complexity index is 1620. The number of carbonyl (C=O) groups excluding carboxylic acids is 1. The molecule has 0 unspecified atom stereocenters. The summed E-state index contributed by atoms with van der Waals surface area (Å²) in [5, 5.41) is 4.27. The number of aromatic amines is 1. The third-order valence-corrected chi connectivity index (χ3v) is 7.53. The van der Waals surface area contributed by atoms with Gasteiger partial charge in [-0.15, -0.1) is 0 Å². The molecule has 0 spiro atoms. The van der Waals surface area contributed by atoms with Crippen molar-refractivity contribution in [3.05, 3.63) is 90.7 Å². The average molecular weight is 506 g/mol. The highest BCUT2D eigenvalue weighted by Crippen LogP contribution is 2.35. The summed E-state index contributed by atoms with van der Waals surface area (Å²) in [4.78, 5) is 28.2. The second-order valence-corrected chi connectivity index (χ2v) is 9.76. The van der Waals surface area contributed by atoms with Crippen LogP contribution in [0.3, 0.4) is 0 Å². The van der Waals surface area contributed by atoms with Crippen molar-refractivity contribution >= 4 is 33.8 Å². The van der Waals surface area contributed by atoms with Gasteiger partial charge in [-0.05, 0) is 61.4 Å². The van der Waals surface area contributed by atoms with Gasteiger partial charge in [-0.2, -0.15) is 0 Å². The van der Waals surface area contributed by atoms with Crippen molar-refractivity contribution in [1.29, 1.82) is 0 Å². The minimum atomic E-state index is 0.0727. The zero-order valence-corrected chi connectivity index (χ0v) is 21.4. The predicted molar refractivity (Wildman–Crippen MR) is 152 cm³/mol. The van der Waals surface area contributed by atoms with Crippen molar-refractivity contribution in [2.45, 2.75) is 32.1 Å². The van der Waals surface area contributed by atoms with Crippen molar-refractivity contribution in [2.24, 2.45) is 0 Å². The lowest BCUT2D eigenvalue weighted by Gasteiger charge is -2.31. The van der Waals surface area contributed by atoms with E-state index in [2.05, 4.69) is 51.4 Å². The second kappa shape index (κ2) is 9.70. The third-order valence-electron chi connectivity index (χ3n) is 7.53. The van der Waals surface area contributed by atoms with Crippen LogP contribution in [0, 0.1) is 0 Å². The van der Waals surface area contributed by atoms with Crippen LogP contribution in [-0.2, 0) is 6.42 Å². The van der Waals surface area contributed by atoms with E-state index in [0.29, 0.717) is 18.9 Å². The number of nitrogens with two attached hydrogens (primary N) is 1. The molecule has 1 aliphatic rings.